The van der Waals surface area contributed by atoms with Gasteiger partial charge in [0.1, 0.15) is 19.8 Å². The zero-order chi connectivity index (χ0) is 26.6. The molecule has 0 atom stereocenters. The van der Waals surface area contributed by atoms with Crippen molar-refractivity contribution in [2.45, 2.75) is 13.8 Å². The van der Waals surface area contributed by atoms with Crippen molar-refractivity contribution in [1.82, 2.24) is 0 Å². The van der Waals surface area contributed by atoms with E-state index in [0.717, 1.165) is 18.2 Å². The second kappa shape index (κ2) is 18.8. The molecule has 184 valence electrons. The van der Waals surface area contributed by atoms with Gasteiger partial charge in [-0.15, -0.1) is 0 Å². The topological polar surface area (TPSA) is 174 Å². The first-order valence-electron chi connectivity index (χ1n) is 8.97. The van der Waals surface area contributed by atoms with Gasteiger partial charge in [-0.05, 0) is 13.8 Å². The number of esters is 3. The van der Waals surface area contributed by atoms with Crippen LogP contribution < -0.4 is 0 Å². The van der Waals surface area contributed by atoms with Crippen molar-refractivity contribution in [2.75, 3.05) is 26.4 Å². The fourth-order valence-electron chi connectivity index (χ4n) is 1.11. The van der Waals surface area contributed by atoms with Crippen molar-refractivity contribution in [3.05, 3.63) is 62.3 Å². The Kier molecular flexibility index (Phi) is 19.1. The molecule has 0 aromatic carbocycles. The van der Waals surface area contributed by atoms with Gasteiger partial charge in [-0.3, -0.25) is 0 Å². The summed E-state index contributed by atoms with van der Waals surface area (Å²) in [5, 5.41) is 25.3. The lowest BCUT2D eigenvalue weighted by atomic mass is 9.92. The average Bonchev–Trinajstić information content (AvgIpc) is 2.78. The lowest BCUT2D eigenvalue weighted by Crippen LogP contribution is -2.42. The molecule has 11 nitrogen and oxygen atoms in total. The van der Waals surface area contributed by atoms with E-state index in [0.29, 0.717) is 0 Å². The van der Waals surface area contributed by atoms with Crippen LogP contribution in [0.1, 0.15) is 13.8 Å². The molecule has 0 saturated heterocycles. The molecule has 0 heterocycles. The van der Waals surface area contributed by atoms with E-state index in [1.54, 1.807) is 0 Å². The van der Waals surface area contributed by atoms with Crippen molar-refractivity contribution < 1.29 is 53.5 Å². The lowest BCUT2D eigenvalue weighted by molar-refractivity contribution is -0.159. The van der Waals surface area contributed by atoms with Crippen LogP contribution in [-0.4, -0.2) is 71.6 Å². The molecule has 0 spiro atoms. The third kappa shape index (κ3) is 19.7. The van der Waals surface area contributed by atoms with Crippen LogP contribution in [0, 0.1) is 5.41 Å². The van der Waals surface area contributed by atoms with Gasteiger partial charge in [0.2, 0.25) is 0 Å². The lowest BCUT2D eigenvalue weighted by Gasteiger charge is -2.29. The van der Waals surface area contributed by atoms with Crippen LogP contribution in [-0.2, 0) is 38.2 Å². The predicted molar refractivity (Wildman–Crippen MR) is 118 cm³/mol. The number of carbonyl (C=O) groups is 5. The van der Waals surface area contributed by atoms with Crippen LogP contribution >= 0.6 is 0 Å². The van der Waals surface area contributed by atoms with Crippen molar-refractivity contribution in [3.63, 3.8) is 0 Å². The van der Waals surface area contributed by atoms with Gasteiger partial charge >= 0.3 is 29.8 Å². The number of ether oxygens (including phenoxy) is 3. The summed E-state index contributed by atoms with van der Waals surface area (Å²) in [4.78, 5) is 52.5. The maximum absolute atomic E-state index is 11.1. The molecule has 0 unspecified atom stereocenters. The highest BCUT2D eigenvalue weighted by Gasteiger charge is 2.35. The first-order valence-corrected chi connectivity index (χ1v) is 8.97. The van der Waals surface area contributed by atoms with Gasteiger partial charge in [-0.2, -0.15) is 0 Å². The standard InChI is InChI=1S/C14H18O7.2C4H6O2/c1-4-11(16)19-8-14(7-15,9-20-12(17)5-2)10-21-13(18)6-3;2*1-3(2)4(5)6/h4-6,15H,1-3,7-10H2;2*1H2,2H3,(H,5,6). The normalized spacial score (nSPS) is 9.18. The van der Waals surface area contributed by atoms with Gasteiger partial charge in [0.15, 0.2) is 0 Å². The number of aliphatic carboxylic acids is 2. The largest absolute Gasteiger partial charge is 0.478 e. The molecule has 0 aliphatic heterocycles. The molecule has 0 aliphatic carbocycles. The molecule has 0 fully saturated rings. The highest BCUT2D eigenvalue weighted by molar-refractivity contribution is 5.85. The van der Waals surface area contributed by atoms with Crippen LogP contribution in [0.5, 0.6) is 0 Å². The number of aliphatic hydroxyl groups is 1. The van der Waals surface area contributed by atoms with Gasteiger partial charge in [0.05, 0.1) is 12.0 Å². The van der Waals surface area contributed by atoms with E-state index in [1.807, 2.05) is 0 Å². The maximum atomic E-state index is 11.1. The van der Waals surface area contributed by atoms with E-state index in [1.165, 1.54) is 13.8 Å². The van der Waals surface area contributed by atoms with Crippen LogP contribution in [0.3, 0.4) is 0 Å². The zero-order valence-corrected chi connectivity index (χ0v) is 18.7. The minimum atomic E-state index is -1.28. The molecule has 0 aromatic rings. The van der Waals surface area contributed by atoms with Crippen LogP contribution in [0.4, 0.5) is 0 Å². The minimum Gasteiger partial charge on any atom is -0.478 e. The van der Waals surface area contributed by atoms with Crippen molar-refractivity contribution in [3.8, 4) is 0 Å². The molecule has 0 radical (unpaired) electrons. The molecular weight excluding hydrogens is 440 g/mol. The molecule has 0 aliphatic rings. The number of carboxylic acid groups (broad SMARTS) is 2. The van der Waals surface area contributed by atoms with E-state index < -0.39 is 41.9 Å². The maximum Gasteiger partial charge on any atom is 0.330 e. The van der Waals surface area contributed by atoms with Gasteiger partial charge in [0, 0.05) is 29.4 Å². The number of aliphatic hydroxyl groups excluding tert-OH is 1. The van der Waals surface area contributed by atoms with Crippen LogP contribution in [0.25, 0.3) is 0 Å². The van der Waals surface area contributed by atoms with Gasteiger partial charge in [0.25, 0.3) is 0 Å². The second-order valence-corrected chi connectivity index (χ2v) is 6.26. The Hall–Kier alpha value is -3.99. The highest BCUT2D eigenvalue weighted by Crippen LogP contribution is 2.19. The third-order valence-corrected chi connectivity index (χ3v) is 3.13. The number of carbonyl (C=O) groups excluding carboxylic acids is 3. The first kappa shape index (κ1) is 33.6. The summed E-state index contributed by atoms with van der Waals surface area (Å²) < 4.78 is 14.5. The Labute approximate surface area is 191 Å². The SMILES string of the molecule is C=C(C)C(=O)O.C=C(C)C(=O)O.C=CC(=O)OCC(CO)(COC(=O)C=C)COC(=O)C=C. The molecule has 0 rings (SSSR count). The number of carboxylic acids is 2. The third-order valence-electron chi connectivity index (χ3n) is 3.13. The van der Waals surface area contributed by atoms with Gasteiger partial charge in [-0.1, -0.05) is 32.9 Å². The van der Waals surface area contributed by atoms with Crippen molar-refractivity contribution in [2.24, 2.45) is 5.41 Å². The van der Waals surface area contributed by atoms with E-state index in [-0.39, 0.29) is 31.0 Å². The minimum absolute atomic E-state index is 0.176. The first-order chi connectivity index (χ1) is 15.2. The summed E-state index contributed by atoms with van der Waals surface area (Å²) in [6.07, 6.45) is 2.81. The summed E-state index contributed by atoms with van der Waals surface area (Å²) in [6.45, 7) is 17.3. The summed E-state index contributed by atoms with van der Waals surface area (Å²) in [5.41, 5.74) is -0.930. The van der Waals surface area contributed by atoms with E-state index >= 15 is 0 Å². The molecule has 0 saturated carbocycles. The Morgan fingerprint density at radius 2 is 0.909 bits per heavy atom. The van der Waals surface area contributed by atoms with E-state index in [2.05, 4.69) is 32.9 Å². The molecule has 0 amide bonds. The summed E-state index contributed by atoms with van der Waals surface area (Å²) in [6, 6.07) is 0. The van der Waals surface area contributed by atoms with E-state index in [4.69, 9.17) is 24.4 Å². The fourth-order valence-corrected chi connectivity index (χ4v) is 1.11. The quantitative estimate of drug-likeness (QED) is 0.214. The fraction of sp³-hybridized carbons (Fsp3) is 0.318. The molecular formula is C22H30O11. The smallest absolute Gasteiger partial charge is 0.330 e. The molecule has 33 heavy (non-hydrogen) atoms. The Morgan fingerprint density at radius 1 is 0.697 bits per heavy atom. The number of hydrogen-bond donors (Lipinski definition) is 3. The Bertz CT molecular complexity index is 654. The molecule has 3 N–H and O–H groups in total. The van der Waals surface area contributed by atoms with Gasteiger partial charge < -0.3 is 29.5 Å². The Morgan fingerprint density at radius 3 is 1.03 bits per heavy atom. The monoisotopic (exact) mass is 470 g/mol. The van der Waals surface area contributed by atoms with Crippen LogP contribution in [0.15, 0.2) is 62.3 Å². The van der Waals surface area contributed by atoms with Crippen molar-refractivity contribution in [1.29, 1.82) is 0 Å². The average molecular weight is 470 g/mol. The second-order valence-electron chi connectivity index (χ2n) is 6.26. The van der Waals surface area contributed by atoms with Gasteiger partial charge in [-0.25, -0.2) is 24.0 Å². The number of rotatable bonds is 12. The molecule has 11 heteroatoms. The Balaban J connectivity index is -0.000000611. The summed E-state index contributed by atoms with van der Waals surface area (Å²) in [5.74, 6) is -4.04. The molecule has 0 bridgehead atoms. The highest BCUT2D eigenvalue weighted by atomic mass is 16.6. The predicted octanol–water partition coefficient (Wildman–Crippen LogP) is 1.45. The van der Waals surface area contributed by atoms with Crippen molar-refractivity contribution >= 4 is 29.8 Å². The molecule has 0 aromatic heterocycles. The summed E-state index contributed by atoms with van der Waals surface area (Å²) in [7, 11) is 0. The van der Waals surface area contributed by atoms with E-state index in [9.17, 15) is 29.1 Å². The van der Waals surface area contributed by atoms with Crippen LogP contribution in [0.2, 0.25) is 0 Å². The zero-order valence-electron chi connectivity index (χ0n) is 18.7. The summed E-state index contributed by atoms with van der Waals surface area (Å²) >= 11 is 0. The number of hydrogen-bond acceptors (Lipinski definition) is 9.